The maximum absolute atomic E-state index is 13.3. The minimum atomic E-state index is -0.624. The second-order valence-corrected chi connectivity index (χ2v) is 7.98. The molecule has 4 rings (SSSR count). The van der Waals surface area contributed by atoms with Crippen molar-refractivity contribution in [1.82, 2.24) is 9.13 Å². The van der Waals surface area contributed by atoms with Gasteiger partial charge in [-0.05, 0) is 42.6 Å². The highest BCUT2D eigenvalue weighted by Gasteiger charge is 2.19. The van der Waals surface area contributed by atoms with Gasteiger partial charge in [-0.2, -0.15) is 0 Å². The maximum Gasteiger partial charge on any atom is 0.339 e. The fourth-order valence-electron chi connectivity index (χ4n) is 3.37. The van der Waals surface area contributed by atoms with E-state index in [0.717, 1.165) is 10.1 Å². The van der Waals surface area contributed by atoms with Gasteiger partial charge in [0.25, 0.3) is 5.56 Å². The summed E-state index contributed by atoms with van der Waals surface area (Å²) in [5.74, 6) is -1.11. The molecule has 0 unspecified atom stereocenters. The Bertz CT molecular complexity index is 1450. The van der Waals surface area contributed by atoms with Crippen LogP contribution >= 0.6 is 11.3 Å². The second kappa shape index (κ2) is 8.64. The molecule has 0 spiro atoms. The highest BCUT2D eigenvalue weighted by atomic mass is 32.1. The number of para-hydroxylation sites is 1. The van der Waals surface area contributed by atoms with Crippen LogP contribution in [0.15, 0.2) is 69.6 Å². The molecule has 32 heavy (non-hydrogen) atoms. The van der Waals surface area contributed by atoms with Crippen molar-refractivity contribution in [3.8, 4) is 5.69 Å². The first-order chi connectivity index (χ1) is 15.4. The summed E-state index contributed by atoms with van der Waals surface area (Å²) in [6, 6.07) is 15.0. The number of amides is 1. The molecule has 9 heteroatoms. The van der Waals surface area contributed by atoms with E-state index in [-0.39, 0.29) is 17.8 Å². The average molecular weight is 449 g/mol. The third-order valence-corrected chi connectivity index (χ3v) is 5.85. The van der Waals surface area contributed by atoms with Gasteiger partial charge in [0.2, 0.25) is 5.91 Å². The molecular formula is C23H19N3O5S. The third-order valence-electron chi connectivity index (χ3n) is 4.96. The van der Waals surface area contributed by atoms with Crippen LogP contribution < -0.4 is 16.6 Å². The Kier molecular flexibility index (Phi) is 5.74. The van der Waals surface area contributed by atoms with Crippen molar-refractivity contribution in [2.45, 2.75) is 13.5 Å². The Hall–Kier alpha value is -3.98. The molecule has 2 aromatic carbocycles. The van der Waals surface area contributed by atoms with Crippen LogP contribution in [0.5, 0.6) is 0 Å². The number of hydrogen-bond acceptors (Lipinski definition) is 6. The molecule has 0 radical (unpaired) electrons. The number of anilines is 1. The van der Waals surface area contributed by atoms with Crippen LogP contribution in [0, 0.1) is 6.92 Å². The van der Waals surface area contributed by atoms with E-state index in [1.807, 2.05) is 6.92 Å². The van der Waals surface area contributed by atoms with E-state index in [0.29, 0.717) is 15.9 Å². The van der Waals surface area contributed by atoms with Crippen LogP contribution in [0.4, 0.5) is 5.69 Å². The summed E-state index contributed by atoms with van der Waals surface area (Å²) in [6.45, 7) is 1.57. The fraction of sp³-hybridized carbons (Fsp3) is 0.130. The molecular weight excluding hydrogens is 430 g/mol. The minimum Gasteiger partial charge on any atom is -0.465 e. The molecule has 2 heterocycles. The number of carbonyl (C=O) groups is 2. The summed E-state index contributed by atoms with van der Waals surface area (Å²) in [5, 5.41) is 4.36. The van der Waals surface area contributed by atoms with Crippen LogP contribution in [0.1, 0.15) is 15.9 Å². The average Bonchev–Trinajstić information content (AvgIpc) is 3.28. The Morgan fingerprint density at radius 3 is 2.47 bits per heavy atom. The number of thiophene rings is 1. The molecule has 1 N–H and O–H groups in total. The molecule has 0 bridgehead atoms. The normalized spacial score (nSPS) is 10.8. The lowest BCUT2D eigenvalue weighted by Crippen LogP contribution is -2.40. The molecule has 0 saturated heterocycles. The van der Waals surface area contributed by atoms with Crippen LogP contribution in [0.3, 0.4) is 0 Å². The van der Waals surface area contributed by atoms with Crippen LogP contribution in [-0.2, 0) is 16.1 Å². The number of hydrogen-bond donors (Lipinski definition) is 1. The molecule has 0 atom stereocenters. The van der Waals surface area contributed by atoms with Gasteiger partial charge in [0.1, 0.15) is 11.2 Å². The maximum atomic E-state index is 13.3. The van der Waals surface area contributed by atoms with E-state index >= 15 is 0 Å². The zero-order valence-corrected chi connectivity index (χ0v) is 18.1. The lowest BCUT2D eigenvalue weighted by atomic mass is 10.2. The Balaban J connectivity index is 1.76. The molecule has 0 aliphatic carbocycles. The molecule has 0 saturated carbocycles. The van der Waals surface area contributed by atoms with E-state index in [1.165, 1.54) is 29.1 Å². The lowest BCUT2D eigenvalue weighted by molar-refractivity contribution is -0.116. The predicted molar refractivity (Wildman–Crippen MR) is 123 cm³/mol. The van der Waals surface area contributed by atoms with Crippen molar-refractivity contribution < 1.29 is 14.3 Å². The van der Waals surface area contributed by atoms with E-state index in [9.17, 15) is 19.2 Å². The number of aryl methyl sites for hydroxylation is 1. The SMILES string of the molecule is COC(=O)c1ccccc1NC(=O)Cn1c(=O)n(-c2ccc(C)cc2)c(=O)c2sccc21. The van der Waals surface area contributed by atoms with E-state index in [1.54, 1.807) is 53.9 Å². The van der Waals surface area contributed by atoms with Crippen molar-refractivity contribution in [2.75, 3.05) is 12.4 Å². The van der Waals surface area contributed by atoms with Crippen LogP contribution in [-0.4, -0.2) is 28.1 Å². The van der Waals surface area contributed by atoms with E-state index in [4.69, 9.17) is 4.74 Å². The van der Waals surface area contributed by atoms with E-state index < -0.39 is 23.1 Å². The van der Waals surface area contributed by atoms with Crippen molar-refractivity contribution >= 4 is 39.1 Å². The van der Waals surface area contributed by atoms with E-state index in [2.05, 4.69) is 5.32 Å². The number of ether oxygens (including phenoxy) is 1. The standard InChI is InChI=1S/C23H19N3O5S/c1-14-7-9-15(10-8-14)26-21(28)20-18(11-12-32-20)25(23(26)30)13-19(27)24-17-6-4-3-5-16(17)22(29)31-2/h3-12H,13H2,1-2H3,(H,24,27). The first-order valence-corrected chi connectivity index (χ1v) is 10.6. The number of nitrogens with zero attached hydrogens (tertiary/aromatic N) is 2. The zero-order chi connectivity index (χ0) is 22.8. The summed E-state index contributed by atoms with van der Waals surface area (Å²) in [4.78, 5) is 51.1. The smallest absolute Gasteiger partial charge is 0.339 e. The lowest BCUT2D eigenvalue weighted by Gasteiger charge is -2.13. The quantitative estimate of drug-likeness (QED) is 0.472. The monoisotopic (exact) mass is 449 g/mol. The van der Waals surface area contributed by atoms with Gasteiger partial charge >= 0.3 is 11.7 Å². The summed E-state index contributed by atoms with van der Waals surface area (Å²) < 4.78 is 7.43. The first kappa shape index (κ1) is 21.3. The molecule has 0 fully saturated rings. The summed E-state index contributed by atoms with van der Waals surface area (Å²) in [5.41, 5.74) is 1.20. The molecule has 1 amide bonds. The Labute approximate surface area is 186 Å². The second-order valence-electron chi connectivity index (χ2n) is 7.07. The van der Waals surface area contributed by atoms with Crippen molar-refractivity contribution in [1.29, 1.82) is 0 Å². The highest BCUT2D eigenvalue weighted by Crippen LogP contribution is 2.18. The van der Waals surface area contributed by atoms with Crippen molar-refractivity contribution in [3.63, 3.8) is 0 Å². The predicted octanol–water partition coefficient (Wildman–Crippen LogP) is 2.95. The highest BCUT2D eigenvalue weighted by molar-refractivity contribution is 7.17. The molecule has 4 aromatic rings. The summed E-state index contributed by atoms with van der Waals surface area (Å²) in [7, 11) is 1.25. The van der Waals surface area contributed by atoms with Crippen molar-refractivity contribution in [3.05, 3.63) is 91.9 Å². The minimum absolute atomic E-state index is 0.195. The number of methoxy groups -OCH3 is 1. The molecule has 0 aliphatic rings. The molecule has 8 nitrogen and oxygen atoms in total. The number of fused-ring (bicyclic) bond motifs is 1. The van der Waals surface area contributed by atoms with Crippen LogP contribution in [0.2, 0.25) is 0 Å². The summed E-state index contributed by atoms with van der Waals surface area (Å²) in [6.07, 6.45) is 0. The van der Waals surface area contributed by atoms with Gasteiger partial charge < -0.3 is 10.1 Å². The molecule has 162 valence electrons. The number of rotatable bonds is 5. The largest absolute Gasteiger partial charge is 0.465 e. The zero-order valence-electron chi connectivity index (χ0n) is 17.3. The van der Waals surface area contributed by atoms with Crippen LogP contribution in [0.25, 0.3) is 15.9 Å². The van der Waals surface area contributed by atoms with Gasteiger partial charge in [-0.15, -0.1) is 11.3 Å². The van der Waals surface area contributed by atoms with Gasteiger partial charge in [-0.1, -0.05) is 29.8 Å². The molecule has 2 aromatic heterocycles. The van der Waals surface area contributed by atoms with Crippen molar-refractivity contribution in [2.24, 2.45) is 0 Å². The van der Waals surface area contributed by atoms with Gasteiger partial charge in [0, 0.05) is 0 Å². The molecule has 0 aliphatic heterocycles. The van der Waals surface area contributed by atoms with Gasteiger partial charge in [0.15, 0.2) is 0 Å². The van der Waals surface area contributed by atoms with Gasteiger partial charge in [0.05, 0.1) is 29.6 Å². The number of benzene rings is 2. The Morgan fingerprint density at radius 1 is 1.03 bits per heavy atom. The van der Waals surface area contributed by atoms with Gasteiger partial charge in [-0.25, -0.2) is 14.2 Å². The van der Waals surface area contributed by atoms with Gasteiger partial charge in [-0.3, -0.25) is 14.2 Å². The fourth-order valence-corrected chi connectivity index (χ4v) is 4.20. The summed E-state index contributed by atoms with van der Waals surface area (Å²) >= 11 is 1.20. The first-order valence-electron chi connectivity index (χ1n) is 9.68. The third kappa shape index (κ3) is 3.85. The number of nitrogens with one attached hydrogen (secondary N) is 1. The number of esters is 1. The number of aromatic nitrogens is 2. The topological polar surface area (TPSA) is 99.4 Å². The number of carbonyl (C=O) groups excluding carboxylic acids is 2. The Morgan fingerprint density at radius 2 is 1.75 bits per heavy atom.